The Morgan fingerprint density at radius 3 is 2.57 bits per heavy atom. The third kappa shape index (κ3) is 6.94. The number of carbonyl (C=O) groups excluding carboxylic acids is 1. The molecule has 2 atom stereocenters. The fourth-order valence-corrected chi connectivity index (χ4v) is 8.00. The van der Waals surface area contributed by atoms with Gasteiger partial charge in [0.15, 0.2) is 16.9 Å². The molecule has 226 valence electrons. The number of ether oxygens (including phenoxy) is 3. The SMILES string of the molecule is Cn1ccnc1S(=O)(=O)N1CCSC1C(=O)O[C@@H](Cc1c(Cl)cncc1Cl)c1ccc(OC(F)F)c(OCC2CC2)c1. The van der Waals surface area contributed by atoms with Gasteiger partial charge in [-0.3, -0.25) is 4.98 Å². The number of sulfonamides is 1. The average Bonchev–Trinajstić information content (AvgIpc) is 3.42. The predicted octanol–water partition coefficient (Wildman–Crippen LogP) is 5.10. The zero-order valence-corrected chi connectivity index (χ0v) is 25.3. The quantitative estimate of drug-likeness (QED) is 0.244. The molecule has 3 heterocycles. The molecular formula is C26H26Cl2F2N4O6S2. The lowest BCUT2D eigenvalue weighted by Gasteiger charge is -2.25. The smallest absolute Gasteiger partial charge is 0.387 e. The summed E-state index contributed by atoms with van der Waals surface area (Å²) in [5.41, 5.74) is 0.803. The van der Waals surface area contributed by atoms with Gasteiger partial charge in [-0.1, -0.05) is 29.3 Å². The summed E-state index contributed by atoms with van der Waals surface area (Å²) in [5, 5.41) is -0.951. The van der Waals surface area contributed by atoms with Crippen molar-refractivity contribution in [2.75, 3.05) is 18.9 Å². The van der Waals surface area contributed by atoms with Gasteiger partial charge in [-0.15, -0.1) is 11.8 Å². The number of benzene rings is 1. The van der Waals surface area contributed by atoms with Crippen molar-refractivity contribution in [1.29, 1.82) is 0 Å². The predicted molar refractivity (Wildman–Crippen MR) is 151 cm³/mol. The van der Waals surface area contributed by atoms with Crippen LogP contribution in [0.3, 0.4) is 0 Å². The van der Waals surface area contributed by atoms with E-state index in [0.29, 0.717) is 29.4 Å². The molecule has 2 aromatic heterocycles. The van der Waals surface area contributed by atoms with E-state index >= 15 is 0 Å². The fraction of sp³-hybridized carbons (Fsp3) is 0.423. The number of nitrogens with zero attached hydrogens (tertiary/aromatic N) is 4. The maximum Gasteiger partial charge on any atom is 0.387 e. The zero-order valence-electron chi connectivity index (χ0n) is 22.2. The molecule has 0 bridgehead atoms. The van der Waals surface area contributed by atoms with Gasteiger partial charge in [-0.2, -0.15) is 13.1 Å². The molecule has 0 N–H and O–H groups in total. The van der Waals surface area contributed by atoms with Crippen LogP contribution in [0.4, 0.5) is 8.78 Å². The van der Waals surface area contributed by atoms with Crippen molar-refractivity contribution in [2.24, 2.45) is 13.0 Å². The van der Waals surface area contributed by atoms with E-state index in [4.69, 9.17) is 32.7 Å². The number of pyridine rings is 1. The Morgan fingerprint density at radius 2 is 1.93 bits per heavy atom. The van der Waals surface area contributed by atoms with Crippen LogP contribution in [-0.2, 0) is 33.0 Å². The van der Waals surface area contributed by atoms with Gasteiger partial charge in [-0.25, -0.2) is 18.2 Å². The van der Waals surface area contributed by atoms with Crippen LogP contribution >= 0.6 is 35.0 Å². The second kappa shape index (κ2) is 12.9. The van der Waals surface area contributed by atoms with E-state index in [1.807, 2.05) is 0 Å². The minimum atomic E-state index is -4.12. The van der Waals surface area contributed by atoms with E-state index in [1.54, 1.807) is 7.05 Å². The van der Waals surface area contributed by atoms with E-state index in [-0.39, 0.29) is 39.7 Å². The molecule has 42 heavy (non-hydrogen) atoms. The minimum Gasteiger partial charge on any atom is -0.489 e. The number of aryl methyl sites for hydroxylation is 1. The highest BCUT2D eigenvalue weighted by Crippen LogP contribution is 2.39. The van der Waals surface area contributed by atoms with Crippen LogP contribution < -0.4 is 9.47 Å². The number of alkyl halides is 2. The van der Waals surface area contributed by atoms with Crippen LogP contribution in [0.2, 0.25) is 10.0 Å². The first-order valence-electron chi connectivity index (χ1n) is 12.8. The highest BCUT2D eigenvalue weighted by Gasteiger charge is 2.43. The molecule has 5 rings (SSSR count). The van der Waals surface area contributed by atoms with Gasteiger partial charge in [0.25, 0.3) is 10.0 Å². The Kier molecular flexibility index (Phi) is 9.47. The summed E-state index contributed by atoms with van der Waals surface area (Å²) in [6.45, 7) is -2.69. The molecule has 0 spiro atoms. The highest BCUT2D eigenvalue weighted by atomic mass is 35.5. The third-order valence-corrected chi connectivity index (χ3v) is 10.5. The standard InChI is InChI=1S/C26H26Cl2F2N4O6S2/c1-33-7-6-32-26(33)42(36,37)34-8-9-41-23(34)24(35)39-21(11-17-18(27)12-31-13-19(17)28)16-4-5-20(40-25(29)30)22(10-16)38-14-15-2-3-15/h4-7,10,12-13,15,21,23,25H,2-3,8-9,11,14H2,1H3/t21-,23?/m0/s1. The molecule has 3 aromatic rings. The summed E-state index contributed by atoms with van der Waals surface area (Å²) in [6, 6.07) is 4.24. The van der Waals surface area contributed by atoms with Gasteiger partial charge < -0.3 is 18.8 Å². The largest absolute Gasteiger partial charge is 0.489 e. The summed E-state index contributed by atoms with van der Waals surface area (Å²) < 4.78 is 71.7. The summed E-state index contributed by atoms with van der Waals surface area (Å²) in [7, 11) is -2.58. The number of hydrogen-bond donors (Lipinski definition) is 0. The van der Waals surface area contributed by atoms with Crippen LogP contribution in [-0.4, -0.2) is 64.1 Å². The number of thioether (sulfide) groups is 1. The van der Waals surface area contributed by atoms with Crippen LogP contribution in [0, 0.1) is 5.92 Å². The Labute approximate surface area is 255 Å². The number of rotatable bonds is 12. The van der Waals surface area contributed by atoms with Crippen LogP contribution in [0.25, 0.3) is 0 Å². The number of hydrogen-bond acceptors (Lipinski definition) is 9. The Balaban J connectivity index is 1.46. The molecule has 1 unspecified atom stereocenters. The third-order valence-electron chi connectivity index (χ3n) is 6.69. The minimum absolute atomic E-state index is 0.0213. The molecular weight excluding hydrogens is 637 g/mol. The van der Waals surface area contributed by atoms with Crippen molar-refractivity contribution >= 4 is 51.0 Å². The lowest BCUT2D eigenvalue weighted by Crippen LogP contribution is -2.41. The van der Waals surface area contributed by atoms with E-state index in [9.17, 15) is 22.0 Å². The van der Waals surface area contributed by atoms with Gasteiger partial charge >= 0.3 is 12.6 Å². The molecule has 2 fully saturated rings. The van der Waals surface area contributed by atoms with Gasteiger partial charge in [0, 0.05) is 50.6 Å². The van der Waals surface area contributed by atoms with Crippen molar-refractivity contribution in [1.82, 2.24) is 18.8 Å². The lowest BCUT2D eigenvalue weighted by atomic mass is 10.0. The van der Waals surface area contributed by atoms with E-state index in [1.165, 1.54) is 47.6 Å². The Hall–Kier alpha value is -2.65. The molecule has 1 aliphatic heterocycles. The van der Waals surface area contributed by atoms with Crippen LogP contribution in [0.15, 0.2) is 48.1 Å². The second-order valence-corrected chi connectivity index (χ2v) is 13.5. The summed E-state index contributed by atoms with van der Waals surface area (Å²) in [4.78, 5) is 21.5. The molecule has 0 amide bonds. The number of halogens is 4. The van der Waals surface area contributed by atoms with Gasteiger partial charge in [0.1, 0.15) is 6.10 Å². The fourth-order valence-electron chi connectivity index (χ4n) is 4.36. The first-order chi connectivity index (χ1) is 20.0. The van der Waals surface area contributed by atoms with E-state index in [2.05, 4.69) is 14.7 Å². The molecule has 10 nitrogen and oxygen atoms in total. The van der Waals surface area contributed by atoms with Gasteiger partial charge in [0.2, 0.25) is 5.16 Å². The van der Waals surface area contributed by atoms with Crippen molar-refractivity contribution in [2.45, 2.75) is 42.5 Å². The summed E-state index contributed by atoms with van der Waals surface area (Å²) in [5.74, 6) is -0.258. The van der Waals surface area contributed by atoms with Crippen molar-refractivity contribution < 1.29 is 36.2 Å². The molecule has 0 radical (unpaired) electrons. The number of esters is 1. The van der Waals surface area contributed by atoms with Gasteiger partial charge in [0.05, 0.1) is 16.7 Å². The first-order valence-corrected chi connectivity index (χ1v) is 16.1. The van der Waals surface area contributed by atoms with E-state index < -0.39 is 34.1 Å². The molecule has 1 saturated heterocycles. The Bertz CT molecular complexity index is 1540. The number of imidazole rings is 1. The first kappa shape index (κ1) is 30.8. The Morgan fingerprint density at radius 1 is 1.19 bits per heavy atom. The number of carbonyl (C=O) groups is 1. The summed E-state index contributed by atoms with van der Waals surface area (Å²) >= 11 is 13.9. The normalized spacial score (nSPS) is 18.3. The van der Waals surface area contributed by atoms with Gasteiger partial charge in [-0.05, 0) is 42.0 Å². The van der Waals surface area contributed by atoms with Crippen LogP contribution in [0.1, 0.15) is 30.1 Å². The maximum absolute atomic E-state index is 13.6. The molecule has 1 aromatic carbocycles. The second-order valence-electron chi connectivity index (χ2n) is 9.71. The number of aromatic nitrogens is 3. The molecule has 1 saturated carbocycles. The monoisotopic (exact) mass is 662 g/mol. The molecule has 1 aliphatic carbocycles. The maximum atomic E-state index is 13.6. The topological polar surface area (TPSA) is 113 Å². The summed E-state index contributed by atoms with van der Waals surface area (Å²) in [6.07, 6.45) is 6.49. The van der Waals surface area contributed by atoms with Crippen molar-refractivity contribution in [3.05, 3.63) is 64.2 Å². The average molecular weight is 664 g/mol. The lowest BCUT2D eigenvalue weighted by molar-refractivity contribution is -0.150. The van der Waals surface area contributed by atoms with Crippen LogP contribution in [0.5, 0.6) is 11.5 Å². The zero-order chi connectivity index (χ0) is 30.0. The molecule has 16 heteroatoms. The van der Waals surface area contributed by atoms with Crippen molar-refractivity contribution in [3.63, 3.8) is 0 Å². The van der Waals surface area contributed by atoms with E-state index in [0.717, 1.165) is 28.9 Å². The molecule has 2 aliphatic rings. The highest BCUT2D eigenvalue weighted by molar-refractivity contribution is 8.02. The van der Waals surface area contributed by atoms with Crippen molar-refractivity contribution in [3.8, 4) is 11.5 Å².